The molecule has 5 radical (unpaired) electrons. The van der Waals surface area contributed by atoms with E-state index in [-0.39, 0.29) is 51.6 Å². The van der Waals surface area contributed by atoms with Crippen molar-refractivity contribution in [1.29, 1.82) is 0 Å². The van der Waals surface area contributed by atoms with Crippen LogP contribution < -0.4 is 0 Å². The third-order valence-electron chi connectivity index (χ3n) is 0. The molecule has 0 aliphatic carbocycles. The van der Waals surface area contributed by atoms with E-state index in [1.54, 1.807) is 0 Å². The zero-order chi connectivity index (χ0) is 0. The van der Waals surface area contributed by atoms with Gasteiger partial charge in [0.2, 0.25) is 0 Å². The first-order valence-corrected chi connectivity index (χ1v) is 0. The molecule has 4 N–H and O–H groups in total. The molecular formula is H4CoO2Sn. The summed E-state index contributed by atoms with van der Waals surface area (Å²) in [5.74, 6) is 0. The Labute approximate surface area is 51.7 Å². The quantitative estimate of drug-likeness (QED) is 0.417. The van der Waals surface area contributed by atoms with Crippen molar-refractivity contribution in [3.05, 3.63) is 0 Å². The summed E-state index contributed by atoms with van der Waals surface area (Å²) in [5.41, 5.74) is 0. The smallest absolute Gasteiger partial charge is 0 e. The van der Waals surface area contributed by atoms with Gasteiger partial charge in [-0.05, 0) is 0 Å². The third kappa shape index (κ3) is 10.6. The van der Waals surface area contributed by atoms with E-state index in [4.69, 9.17) is 0 Å². The molecule has 0 heterocycles. The second-order valence-corrected chi connectivity index (χ2v) is 0. The van der Waals surface area contributed by atoms with Crippen LogP contribution in [0, 0.1) is 0 Å². The molecule has 0 fully saturated rings. The predicted octanol–water partition coefficient (Wildman–Crippen LogP) is -2.03. The summed E-state index contributed by atoms with van der Waals surface area (Å²) in [7, 11) is 0. The molecule has 0 rings (SSSR count). The van der Waals surface area contributed by atoms with Gasteiger partial charge >= 0.3 is 0 Å². The van der Waals surface area contributed by atoms with E-state index in [1.807, 2.05) is 0 Å². The van der Waals surface area contributed by atoms with Gasteiger partial charge in [0.1, 0.15) is 0 Å². The standard InChI is InChI=1S/Co.2H2O.Sn/h;2*1H2;. The molecule has 0 aliphatic heterocycles. The van der Waals surface area contributed by atoms with Crippen LogP contribution in [-0.4, -0.2) is 34.9 Å². The molecular weight excluding hydrogens is 210 g/mol. The predicted molar refractivity (Wildman–Crippen MR) is 13.0 cm³/mol. The zero-order valence-corrected chi connectivity index (χ0v) is 5.73. The van der Waals surface area contributed by atoms with Gasteiger partial charge in [0.05, 0.1) is 0 Å². The Balaban J connectivity index is 0. The van der Waals surface area contributed by atoms with Crippen LogP contribution in [0.25, 0.3) is 0 Å². The van der Waals surface area contributed by atoms with E-state index >= 15 is 0 Å². The summed E-state index contributed by atoms with van der Waals surface area (Å²) in [5, 5.41) is 0. The van der Waals surface area contributed by atoms with E-state index in [1.165, 1.54) is 0 Å². The van der Waals surface area contributed by atoms with Gasteiger partial charge in [-0.25, -0.2) is 0 Å². The fourth-order valence-electron chi connectivity index (χ4n) is 0. The summed E-state index contributed by atoms with van der Waals surface area (Å²) < 4.78 is 0. The van der Waals surface area contributed by atoms with Crippen molar-refractivity contribution in [2.75, 3.05) is 0 Å². The van der Waals surface area contributed by atoms with Gasteiger partial charge in [-0.15, -0.1) is 0 Å². The van der Waals surface area contributed by atoms with E-state index < -0.39 is 0 Å². The fourth-order valence-corrected chi connectivity index (χ4v) is 0. The summed E-state index contributed by atoms with van der Waals surface area (Å²) in [6, 6.07) is 0. The molecule has 0 unspecified atom stereocenters. The van der Waals surface area contributed by atoms with E-state index in [0.717, 1.165) is 0 Å². The van der Waals surface area contributed by atoms with Crippen molar-refractivity contribution >= 4 is 23.9 Å². The number of hydrogen-bond donors (Lipinski definition) is 0. The first-order chi connectivity index (χ1) is 0. The second-order valence-electron chi connectivity index (χ2n) is 0. The molecule has 0 spiro atoms. The first-order valence-electron chi connectivity index (χ1n) is 0. The Bertz CT molecular complexity index is 6.00. The SMILES string of the molecule is O.O.[Co].[Sn]. The van der Waals surface area contributed by atoms with Crippen LogP contribution in [-0.2, 0) is 16.8 Å². The van der Waals surface area contributed by atoms with Crippen LogP contribution >= 0.6 is 0 Å². The zero-order valence-electron chi connectivity index (χ0n) is 1.83. The average molecular weight is 214 g/mol. The van der Waals surface area contributed by atoms with Crippen LogP contribution in [0.2, 0.25) is 0 Å². The van der Waals surface area contributed by atoms with E-state index in [2.05, 4.69) is 0 Å². The Kier molecular flexibility index (Phi) is 455. The molecule has 0 bridgehead atoms. The Hall–Kier alpha value is 1.23. The fraction of sp³-hybridized carbons (Fsp3) is 0. The minimum atomic E-state index is 0. The summed E-state index contributed by atoms with van der Waals surface area (Å²) >= 11 is 0. The van der Waals surface area contributed by atoms with Crippen LogP contribution in [0.5, 0.6) is 0 Å². The van der Waals surface area contributed by atoms with Gasteiger partial charge < -0.3 is 11.0 Å². The Morgan fingerprint density at radius 2 is 0.750 bits per heavy atom. The van der Waals surface area contributed by atoms with Crippen molar-refractivity contribution in [2.45, 2.75) is 0 Å². The largest absolute Gasteiger partial charge is 0.412 e. The number of hydrogen-bond acceptors (Lipinski definition) is 0. The number of rotatable bonds is 0. The molecule has 4 heavy (non-hydrogen) atoms. The van der Waals surface area contributed by atoms with Crippen LogP contribution in [0.4, 0.5) is 0 Å². The molecule has 0 saturated carbocycles. The Morgan fingerprint density at radius 1 is 0.750 bits per heavy atom. The molecule has 4 heteroatoms. The second kappa shape index (κ2) is 29.3. The van der Waals surface area contributed by atoms with Crippen molar-refractivity contribution in [1.82, 2.24) is 0 Å². The topological polar surface area (TPSA) is 63.0 Å². The third-order valence-corrected chi connectivity index (χ3v) is 0. The van der Waals surface area contributed by atoms with Crippen LogP contribution in [0.15, 0.2) is 0 Å². The molecule has 0 aromatic carbocycles. The maximum Gasteiger partial charge on any atom is 0 e. The van der Waals surface area contributed by atoms with Gasteiger partial charge in [0.15, 0.2) is 0 Å². The van der Waals surface area contributed by atoms with Gasteiger partial charge in [0.25, 0.3) is 0 Å². The monoisotopic (exact) mass is 215 g/mol. The van der Waals surface area contributed by atoms with Gasteiger partial charge in [-0.3, -0.25) is 0 Å². The minimum Gasteiger partial charge on any atom is -0.412 e. The average Bonchev–Trinajstić information content (AvgIpc) is 0. The molecule has 0 amide bonds. The van der Waals surface area contributed by atoms with Crippen LogP contribution in [0.1, 0.15) is 0 Å². The normalized spacial score (nSPS) is 0. The molecule has 0 aromatic heterocycles. The maximum absolute atomic E-state index is 0. The summed E-state index contributed by atoms with van der Waals surface area (Å²) in [6.45, 7) is 0. The van der Waals surface area contributed by atoms with Crippen LogP contribution in [0.3, 0.4) is 0 Å². The van der Waals surface area contributed by atoms with Gasteiger partial charge in [0, 0.05) is 40.7 Å². The molecule has 0 saturated heterocycles. The van der Waals surface area contributed by atoms with Crippen molar-refractivity contribution in [3.8, 4) is 0 Å². The maximum atomic E-state index is 0. The van der Waals surface area contributed by atoms with Gasteiger partial charge in [-0.1, -0.05) is 0 Å². The first kappa shape index (κ1) is 62.1. The van der Waals surface area contributed by atoms with Crippen molar-refractivity contribution in [3.63, 3.8) is 0 Å². The molecule has 0 aliphatic rings. The molecule has 0 aromatic rings. The minimum absolute atomic E-state index is 0. The van der Waals surface area contributed by atoms with E-state index in [0.29, 0.717) is 0 Å². The van der Waals surface area contributed by atoms with E-state index in [9.17, 15) is 0 Å². The molecule has 0 atom stereocenters. The Morgan fingerprint density at radius 3 is 0.750 bits per heavy atom. The summed E-state index contributed by atoms with van der Waals surface area (Å²) in [4.78, 5) is 0. The van der Waals surface area contributed by atoms with Crippen molar-refractivity contribution < 1.29 is 27.7 Å². The van der Waals surface area contributed by atoms with Crippen molar-refractivity contribution in [2.24, 2.45) is 0 Å². The molecule has 29 valence electrons. The summed E-state index contributed by atoms with van der Waals surface area (Å²) in [6.07, 6.45) is 0. The van der Waals surface area contributed by atoms with Gasteiger partial charge in [-0.2, -0.15) is 0 Å². The molecule has 2 nitrogen and oxygen atoms in total.